The Balaban J connectivity index is 1.78. The number of anilines is 1. The highest BCUT2D eigenvalue weighted by molar-refractivity contribution is 9.09. The summed E-state index contributed by atoms with van der Waals surface area (Å²) in [6.45, 7) is 6.10. The van der Waals surface area contributed by atoms with Crippen LogP contribution in [0.4, 0.5) is 5.13 Å². The van der Waals surface area contributed by atoms with Crippen molar-refractivity contribution < 1.29 is 4.79 Å². The van der Waals surface area contributed by atoms with Crippen molar-refractivity contribution in [3.05, 3.63) is 5.82 Å². The second-order valence-electron chi connectivity index (χ2n) is 5.71. The van der Waals surface area contributed by atoms with E-state index in [1.165, 1.54) is 11.5 Å². The summed E-state index contributed by atoms with van der Waals surface area (Å²) >= 11 is 4.83. The second kappa shape index (κ2) is 8.08. The maximum absolute atomic E-state index is 11.7. The fourth-order valence-corrected chi connectivity index (χ4v) is 3.47. The number of hydrogen-bond donors (Lipinski definition) is 1. The van der Waals surface area contributed by atoms with E-state index in [0.29, 0.717) is 18.4 Å². The zero-order chi connectivity index (χ0) is 15.2. The summed E-state index contributed by atoms with van der Waals surface area (Å²) in [6, 6.07) is 0.307. The molecule has 0 aromatic carbocycles. The van der Waals surface area contributed by atoms with E-state index in [9.17, 15) is 4.79 Å². The average Bonchev–Trinajstić information content (AvgIpc) is 2.96. The third-order valence-electron chi connectivity index (χ3n) is 3.62. The number of nitrogens with zero attached hydrogens (tertiary/aromatic N) is 3. The first-order valence-corrected chi connectivity index (χ1v) is 9.43. The van der Waals surface area contributed by atoms with E-state index in [-0.39, 0.29) is 5.91 Å². The van der Waals surface area contributed by atoms with Crippen LogP contribution in [-0.2, 0) is 4.79 Å². The van der Waals surface area contributed by atoms with Crippen LogP contribution in [0.3, 0.4) is 0 Å². The minimum absolute atomic E-state index is 0.172. The Morgan fingerprint density at radius 1 is 1.48 bits per heavy atom. The summed E-state index contributed by atoms with van der Waals surface area (Å²) in [5.41, 5.74) is 0. The number of hydrogen-bond acceptors (Lipinski definition) is 5. The van der Waals surface area contributed by atoms with Crippen molar-refractivity contribution in [2.24, 2.45) is 0 Å². The second-order valence-corrected chi connectivity index (χ2v) is 7.23. The summed E-state index contributed by atoms with van der Waals surface area (Å²) in [7, 11) is 0. The summed E-state index contributed by atoms with van der Waals surface area (Å²) in [5, 5.41) is 5.03. The Morgan fingerprint density at radius 2 is 2.19 bits per heavy atom. The number of alkyl halides is 1. The molecule has 0 spiro atoms. The van der Waals surface area contributed by atoms with Crippen LogP contribution in [0.1, 0.15) is 51.3 Å². The molecule has 1 amide bonds. The van der Waals surface area contributed by atoms with Gasteiger partial charge in [0.05, 0.1) is 0 Å². The number of rotatable bonds is 6. The summed E-state index contributed by atoms with van der Waals surface area (Å²) < 4.78 is 4.41. The predicted molar refractivity (Wildman–Crippen MR) is 90.4 cm³/mol. The van der Waals surface area contributed by atoms with E-state index in [1.807, 2.05) is 0 Å². The molecule has 0 saturated carbocycles. The van der Waals surface area contributed by atoms with Gasteiger partial charge in [-0.15, -0.1) is 0 Å². The van der Waals surface area contributed by atoms with Gasteiger partial charge in [0.1, 0.15) is 5.82 Å². The van der Waals surface area contributed by atoms with E-state index in [2.05, 4.69) is 49.4 Å². The zero-order valence-corrected chi connectivity index (χ0v) is 15.0. The molecule has 21 heavy (non-hydrogen) atoms. The fourth-order valence-electron chi connectivity index (χ4n) is 2.33. The lowest BCUT2D eigenvalue weighted by atomic mass is 10.1. The van der Waals surface area contributed by atoms with Gasteiger partial charge < -0.3 is 10.2 Å². The first kappa shape index (κ1) is 16.7. The molecule has 1 fully saturated rings. The van der Waals surface area contributed by atoms with Crippen LogP contribution in [0.15, 0.2) is 0 Å². The maximum atomic E-state index is 11.7. The van der Waals surface area contributed by atoms with E-state index in [1.54, 1.807) is 0 Å². The largest absolute Gasteiger partial charge is 0.353 e. The van der Waals surface area contributed by atoms with Gasteiger partial charge in [0.2, 0.25) is 11.0 Å². The van der Waals surface area contributed by atoms with Crippen LogP contribution >= 0.6 is 27.5 Å². The normalized spacial score (nSPS) is 16.5. The summed E-state index contributed by atoms with van der Waals surface area (Å²) in [5.74, 6) is 1.48. The molecule has 0 aliphatic carbocycles. The molecular weight excluding hydrogens is 352 g/mol. The number of nitrogens with one attached hydrogen (secondary N) is 1. The highest BCUT2D eigenvalue weighted by Gasteiger charge is 2.23. The third-order valence-corrected chi connectivity index (χ3v) is 4.97. The van der Waals surface area contributed by atoms with Gasteiger partial charge in [0, 0.05) is 48.3 Å². The molecule has 1 saturated heterocycles. The molecule has 2 heterocycles. The molecule has 0 bridgehead atoms. The van der Waals surface area contributed by atoms with Crippen LogP contribution in [0.25, 0.3) is 0 Å². The topological polar surface area (TPSA) is 58.1 Å². The van der Waals surface area contributed by atoms with Crippen molar-refractivity contribution in [3.63, 3.8) is 0 Å². The van der Waals surface area contributed by atoms with Gasteiger partial charge in [-0.1, -0.05) is 29.8 Å². The van der Waals surface area contributed by atoms with Crippen molar-refractivity contribution in [1.82, 2.24) is 14.7 Å². The number of piperidine rings is 1. The Morgan fingerprint density at radius 3 is 2.76 bits per heavy atom. The molecule has 1 aliphatic rings. The average molecular weight is 375 g/mol. The molecule has 1 N–H and O–H groups in total. The van der Waals surface area contributed by atoms with Crippen LogP contribution in [0.2, 0.25) is 0 Å². The van der Waals surface area contributed by atoms with Crippen LogP contribution in [0.5, 0.6) is 0 Å². The molecule has 5 nitrogen and oxygen atoms in total. The lowest BCUT2D eigenvalue weighted by Gasteiger charge is -2.31. The predicted octanol–water partition coefficient (Wildman–Crippen LogP) is 2.92. The van der Waals surface area contributed by atoms with Gasteiger partial charge in [0.15, 0.2) is 0 Å². The number of carbonyl (C=O) groups excluding carboxylic acids is 1. The van der Waals surface area contributed by atoms with E-state index in [0.717, 1.165) is 48.6 Å². The highest BCUT2D eigenvalue weighted by atomic mass is 79.9. The lowest BCUT2D eigenvalue weighted by molar-refractivity contribution is -0.121. The van der Waals surface area contributed by atoms with Gasteiger partial charge >= 0.3 is 0 Å². The molecule has 118 valence electrons. The Labute approximate surface area is 138 Å². The van der Waals surface area contributed by atoms with E-state index < -0.39 is 0 Å². The smallest absolute Gasteiger partial charge is 0.220 e. The Bertz CT molecular complexity index is 458. The summed E-state index contributed by atoms with van der Waals surface area (Å²) in [6.07, 6.45) is 3.47. The SMILES string of the molecule is CC(C)c1nsc(N2CCC(NC(=O)CCCBr)CC2)n1. The number of halogens is 1. The fraction of sp³-hybridized carbons (Fsp3) is 0.786. The van der Waals surface area contributed by atoms with Crippen LogP contribution < -0.4 is 10.2 Å². The summed E-state index contributed by atoms with van der Waals surface area (Å²) in [4.78, 5) is 18.6. The van der Waals surface area contributed by atoms with Gasteiger partial charge in [-0.3, -0.25) is 4.79 Å². The van der Waals surface area contributed by atoms with Gasteiger partial charge in [-0.05, 0) is 19.3 Å². The quantitative estimate of drug-likeness (QED) is 0.777. The zero-order valence-electron chi connectivity index (χ0n) is 12.6. The monoisotopic (exact) mass is 374 g/mol. The Hall–Kier alpha value is -0.690. The van der Waals surface area contributed by atoms with Crippen LogP contribution in [-0.4, -0.2) is 39.7 Å². The maximum Gasteiger partial charge on any atom is 0.220 e. The lowest BCUT2D eigenvalue weighted by Crippen LogP contribution is -2.44. The highest BCUT2D eigenvalue weighted by Crippen LogP contribution is 2.24. The molecule has 1 aliphatic heterocycles. The minimum atomic E-state index is 0.172. The first-order valence-electron chi connectivity index (χ1n) is 7.54. The molecule has 2 rings (SSSR count). The van der Waals surface area contributed by atoms with Crippen molar-refractivity contribution >= 4 is 38.5 Å². The number of carbonyl (C=O) groups is 1. The van der Waals surface area contributed by atoms with Gasteiger partial charge in [-0.2, -0.15) is 4.37 Å². The standard InChI is InChI=1S/C14H23BrN4OS/c1-10(2)13-17-14(21-18-13)19-8-5-11(6-9-19)16-12(20)4-3-7-15/h10-11H,3-9H2,1-2H3,(H,16,20). The molecule has 0 atom stereocenters. The Kier molecular flexibility index (Phi) is 6.41. The minimum Gasteiger partial charge on any atom is -0.353 e. The van der Waals surface area contributed by atoms with Gasteiger partial charge in [-0.25, -0.2) is 4.98 Å². The third kappa shape index (κ3) is 4.92. The molecule has 7 heteroatoms. The number of amides is 1. The number of aromatic nitrogens is 2. The van der Waals surface area contributed by atoms with Gasteiger partial charge in [0.25, 0.3) is 0 Å². The van der Waals surface area contributed by atoms with Crippen LogP contribution in [0, 0.1) is 0 Å². The molecule has 1 aromatic heterocycles. The molecular formula is C14H23BrN4OS. The van der Waals surface area contributed by atoms with Crippen molar-refractivity contribution in [3.8, 4) is 0 Å². The van der Waals surface area contributed by atoms with E-state index >= 15 is 0 Å². The molecule has 0 unspecified atom stereocenters. The first-order chi connectivity index (χ1) is 10.1. The molecule has 1 aromatic rings. The van der Waals surface area contributed by atoms with E-state index in [4.69, 9.17) is 0 Å². The van der Waals surface area contributed by atoms with Crippen molar-refractivity contribution in [2.75, 3.05) is 23.3 Å². The molecule has 0 radical (unpaired) electrons. The van der Waals surface area contributed by atoms with Crippen molar-refractivity contribution in [1.29, 1.82) is 0 Å². The van der Waals surface area contributed by atoms with Crippen molar-refractivity contribution in [2.45, 2.75) is 51.5 Å².